The molecule has 0 fully saturated rings. The zero-order chi connectivity index (χ0) is 14.3. The van der Waals surface area contributed by atoms with E-state index < -0.39 is 0 Å². The number of hydrogen-bond acceptors (Lipinski definition) is 4. The summed E-state index contributed by atoms with van der Waals surface area (Å²) in [7, 11) is 0. The van der Waals surface area contributed by atoms with E-state index in [0.717, 1.165) is 32.1 Å². The molecule has 0 radical (unpaired) electrons. The Labute approximate surface area is 114 Å². The van der Waals surface area contributed by atoms with Crippen molar-refractivity contribution < 1.29 is 4.92 Å². The van der Waals surface area contributed by atoms with Crippen molar-refractivity contribution in [3.8, 4) is 0 Å². The molecule has 1 heterocycles. The summed E-state index contributed by atoms with van der Waals surface area (Å²) in [6.07, 6.45) is 7.10. The van der Waals surface area contributed by atoms with Crippen molar-refractivity contribution in [1.29, 1.82) is 0 Å². The van der Waals surface area contributed by atoms with Crippen LogP contribution in [0.25, 0.3) is 0 Å². The van der Waals surface area contributed by atoms with Gasteiger partial charge in [0.15, 0.2) is 0 Å². The van der Waals surface area contributed by atoms with Gasteiger partial charge in [-0.3, -0.25) is 10.1 Å². The van der Waals surface area contributed by atoms with Crippen molar-refractivity contribution in [3.63, 3.8) is 0 Å². The lowest BCUT2D eigenvalue weighted by Crippen LogP contribution is -2.20. The number of nitro groups is 1. The smallest absolute Gasteiger partial charge is 0.277 e. The molecule has 0 saturated heterocycles. The van der Waals surface area contributed by atoms with Crippen molar-refractivity contribution in [3.05, 3.63) is 27.9 Å². The maximum absolute atomic E-state index is 10.9. The molecule has 1 N–H and O–H groups in total. The van der Waals surface area contributed by atoms with Crippen LogP contribution in [0, 0.1) is 17.0 Å². The van der Waals surface area contributed by atoms with Crippen molar-refractivity contribution >= 4 is 11.5 Å². The Bertz CT molecular complexity index is 421. The first-order valence-electron chi connectivity index (χ1n) is 6.96. The van der Waals surface area contributed by atoms with Gasteiger partial charge in [-0.15, -0.1) is 0 Å². The number of nitrogens with zero attached hydrogens (tertiary/aromatic N) is 2. The lowest BCUT2D eigenvalue weighted by molar-refractivity contribution is -0.385. The molecule has 0 aliphatic carbocycles. The second-order valence-electron chi connectivity index (χ2n) is 4.89. The van der Waals surface area contributed by atoms with E-state index in [2.05, 4.69) is 24.1 Å². The number of pyridine rings is 1. The van der Waals surface area contributed by atoms with Crippen molar-refractivity contribution in [2.24, 2.45) is 0 Å². The van der Waals surface area contributed by atoms with Crippen LogP contribution in [-0.2, 0) is 0 Å². The third-order valence-corrected chi connectivity index (χ3v) is 3.17. The molecule has 1 aromatic rings. The van der Waals surface area contributed by atoms with E-state index in [1.54, 1.807) is 13.1 Å². The van der Waals surface area contributed by atoms with Crippen LogP contribution in [0.3, 0.4) is 0 Å². The molecule has 0 bridgehead atoms. The van der Waals surface area contributed by atoms with Crippen molar-refractivity contribution in [1.82, 2.24) is 4.98 Å². The van der Waals surface area contributed by atoms with E-state index in [-0.39, 0.29) is 10.6 Å². The third-order valence-electron chi connectivity index (χ3n) is 3.17. The van der Waals surface area contributed by atoms with E-state index >= 15 is 0 Å². The average molecular weight is 265 g/mol. The summed E-state index contributed by atoms with van der Waals surface area (Å²) in [5.74, 6) is 0.604. The quantitative estimate of drug-likeness (QED) is 0.568. The fourth-order valence-corrected chi connectivity index (χ4v) is 2.09. The minimum absolute atomic E-state index is 0.128. The van der Waals surface area contributed by atoms with Crippen LogP contribution in [0.4, 0.5) is 11.5 Å². The Balaban J connectivity index is 2.78. The van der Waals surface area contributed by atoms with Crippen LogP contribution < -0.4 is 5.32 Å². The first-order valence-corrected chi connectivity index (χ1v) is 6.96. The maximum atomic E-state index is 10.9. The van der Waals surface area contributed by atoms with E-state index in [4.69, 9.17) is 0 Å². The first-order chi connectivity index (χ1) is 9.08. The minimum atomic E-state index is -0.358. The van der Waals surface area contributed by atoms with Gasteiger partial charge in [0.1, 0.15) is 5.82 Å². The van der Waals surface area contributed by atoms with E-state index in [1.807, 2.05) is 0 Å². The number of rotatable bonds is 8. The van der Waals surface area contributed by atoms with Crippen LogP contribution in [0.2, 0.25) is 0 Å². The SMILES string of the molecule is CCCCC(CCC)Nc1cc([N+](=O)[O-])c(C)cn1. The lowest BCUT2D eigenvalue weighted by atomic mass is 10.1. The van der Waals surface area contributed by atoms with Gasteiger partial charge >= 0.3 is 0 Å². The van der Waals surface area contributed by atoms with E-state index in [9.17, 15) is 10.1 Å². The lowest BCUT2D eigenvalue weighted by Gasteiger charge is -2.18. The standard InChI is InChI=1S/C14H23N3O2/c1-4-6-8-12(7-5-2)16-14-9-13(17(18)19)11(3)10-15-14/h9-10,12H,4-8H2,1-3H3,(H,15,16). The molecule has 0 saturated carbocycles. The van der Waals surface area contributed by atoms with Gasteiger partial charge in [0.2, 0.25) is 0 Å². The summed E-state index contributed by atoms with van der Waals surface area (Å²) in [6.45, 7) is 6.01. The molecule has 0 amide bonds. The molecule has 1 atom stereocenters. The summed E-state index contributed by atoms with van der Waals surface area (Å²) >= 11 is 0. The third kappa shape index (κ3) is 4.85. The molecule has 0 aromatic carbocycles. The Morgan fingerprint density at radius 3 is 2.68 bits per heavy atom. The molecule has 1 rings (SSSR count). The highest BCUT2D eigenvalue weighted by Crippen LogP contribution is 2.21. The van der Waals surface area contributed by atoms with Gasteiger partial charge in [-0.05, 0) is 19.8 Å². The number of hydrogen-bond donors (Lipinski definition) is 1. The topological polar surface area (TPSA) is 68.1 Å². The van der Waals surface area contributed by atoms with Crippen LogP contribution in [0.15, 0.2) is 12.3 Å². The Kier molecular flexibility index (Phi) is 6.25. The maximum Gasteiger partial charge on any atom is 0.277 e. The predicted molar refractivity (Wildman–Crippen MR) is 77.5 cm³/mol. The first kappa shape index (κ1) is 15.4. The second kappa shape index (κ2) is 7.71. The van der Waals surface area contributed by atoms with Gasteiger partial charge in [-0.25, -0.2) is 4.98 Å². The summed E-state index contributed by atoms with van der Waals surface area (Å²) in [4.78, 5) is 14.8. The summed E-state index contributed by atoms with van der Waals surface area (Å²) in [5, 5.41) is 14.2. The van der Waals surface area contributed by atoms with Crippen LogP contribution >= 0.6 is 0 Å². The van der Waals surface area contributed by atoms with Crippen LogP contribution in [0.1, 0.15) is 51.5 Å². The molecule has 0 spiro atoms. The van der Waals surface area contributed by atoms with Crippen LogP contribution in [0.5, 0.6) is 0 Å². The number of aryl methyl sites for hydroxylation is 1. The van der Waals surface area contributed by atoms with Gasteiger partial charge in [0, 0.05) is 17.8 Å². The molecule has 5 nitrogen and oxygen atoms in total. The monoisotopic (exact) mass is 265 g/mol. The summed E-state index contributed by atoms with van der Waals surface area (Å²) in [6, 6.07) is 1.88. The Hall–Kier alpha value is -1.65. The Morgan fingerprint density at radius 1 is 1.37 bits per heavy atom. The average Bonchev–Trinajstić information content (AvgIpc) is 2.38. The highest BCUT2D eigenvalue weighted by molar-refractivity contribution is 5.49. The summed E-state index contributed by atoms with van der Waals surface area (Å²) < 4.78 is 0. The molecule has 1 unspecified atom stereocenters. The number of unbranched alkanes of at least 4 members (excludes halogenated alkanes) is 1. The fourth-order valence-electron chi connectivity index (χ4n) is 2.09. The van der Waals surface area contributed by atoms with Gasteiger partial charge in [0.05, 0.1) is 11.0 Å². The van der Waals surface area contributed by atoms with Gasteiger partial charge in [-0.1, -0.05) is 33.1 Å². The molecule has 106 valence electrons. The van der Waals surface area contributed by atoms with E-state index in [1.165, 1.54) is 6.07 Å². The zero-order valence-electron chi connectivity index (χ0n) is 12.0. The zero-order valence-corrected chi connectivity index (χ0v) is 12.0. The molecule has 0 aliphatic rings. The van der Waals surface area contributed by atoms with Crippen molar-refractivity contribution in [2.75, 3.05) is 5.32 Å². The predicted octanol–water partition coefficient (Wildman–Crippen LogP) is 4.07. The highest BCUT2D eigenvalue weighted by Gasteiger charge is 2.14. The van der Waals surface area contributed by atoms with Gasteiger partial charge in [-0.2, -0.15) is 0 Å². The molecule has 5 heteroatoms. The normalized spacial score (nSPS) is 12.2. The fraction of sp³-hybridized carbons (Fsp3) is 0.643. The minimum Gasteiger partial charge on any atom is -0.367 e. The largest absolute Gasteiger partial charge is 0.367 e. The van der Waals surface area contributed by atoms with Crippen LogP contribution in [-0.4, -0.2) is 15.9 Å². The second-order valence-corrected chi connectivity index (χ2v) is 4.89. The van der Waals surface area contributed by atoms with E-state index in [0.29, 0.717) is 17.4 Å². The molecular weight excluding hydrogens is 242 g/mol. The highest BCUT2D eigenvalue weighted by atomic mass is 16.6. The number of nitrogens with one attached hydrogen (secondary N) is 1. The van der Waals surface area contributed by atoms with Gasteiger partial charge in [0.25, 0.3) is 5.69 Å². The molecule has 0 aliphatic heterocycles. The Morgan fingerprint density at radius 2 is 2.11 bits per heavy atom. The number of anilines is 1. The van der Waals surface area contributed by atoms with Crippen molar-refractivity contribution in [2.45, 2.75) is 58.9 Å². The number of aromatic nitrogens is 1. The summed E-state index contributed by atoms with van der Waals surface area (Å²) in [5.41, 5.74) is 0.722. The molecular formula is C14H23N3O2. The molecule has 1 aromatic heterocycles. The van der Waals surface area contributed by atoms with Gasteiger partial charge < -0.3 is 5.32 Å². The molecule has 19 heavy (non-hydrogen) atoms.